The lowest BCUT2D eigenvalue weighted by atomic mass is 10.1. The predicted octanol–water partition coefficient (Wildman–Crippen LogP) is 2.37. The molecule has 4 N–H and O–H groups in total. The molecule has 1 saturated heterocycles. The molecule has 0 aliphatic carbocycles. The summed E-state index contributed by atoms with van der Waals surface area (Å²) in [5.74, 6) is -0.348. The van der Waals surface area contributed by atoms with E-state index in [1.165, 1.54) is 34.7 Å². The zero-order chi connectivity index (χ0) is 23.0. The number of nitrogens with zero attached hydrogens (tertiary/aromatic N) is 4. The number of thiazole rings is 1. The van der Waals surface area contributed by atoms with Crippen LogP contribution in [0.4, 0.5) is 15.3 Å². The average molecular weight is 462 g/mol. The Morgan fingerprint density at radius 3 is 2.66 bits per heavy atom. The number of pyridine rings is 1. The molecule has 1 aliphatic rings. The fourth-order valence-corrected chi connectivity index (χ4v) is 4.89. The number of piperazine rings is 1. The molecular formula is C22H28FN5O3S. The fourth-order valence-electron chi connectivity index (χ4n) is 3.93. The van der Waals surface area contributed by atoms with Crippen molar-refractivity contribution in [1.29, 1.82) is 0 Å². The van der Waals surface area contributed by atoms with E-state index in [9.17, 15) is 14.6 Å². The van der Waals surface area contributed by atoms with Gasteiger partial charge in [-0.2, -0.15) is 0 Å². The Hall–Kier alpha value is -2.37. The molecule has 32 heavy (non-hydrogen) atoms. The summed E-state index contributed by atoms with van der Waals surface area (Å²) in [4.78, 5) is 12.5. The lowest BCUT2D eigenvalue weighted by Crippen LogP contribution is -2.57. The Morgan fingerprint density at radius 2 is 1.97 bits per heavy atom. The Bertz CT molecular complexity index is 1070. The number of aliphatic hydroxyl groups excluding tert-OH is 3. The van der Waals surface area contributed by atoms with E-state index in [1.807, 2.05) is 22.8 Å². The van der Waals surface area contributed by atoms with Gasteiger partial charge in [-0.3, -0.25) is 4.90 Å². The molecule has 172 valence electrons. The Kier molecular flexibility index (Phi) is 6.59. The smallest absolute Gasteiger partial charge is 0.186 e. The first kappa shape index (κ1) is 22.8. The van der Waals surface area contributed by atoms with E-state index in [-0.39, 0.29) is 17.4 Å². The standard InChI is InChI=1S/C22H28FN5O3S/c1-12-6-17-19(7-13(12)2)32-21(25-17)26-22(31)28-5-4-27(10-14(28)3)20-16(23)8-15(9-24-20)18(30)11-29/h6-9,14,18,22,29-31H,4-5,10-11H2,1-3H3,(H,25,26)/t14-,18-,22?/m1/s1. The van der Waals surface area contributed by atoms with Gasteiger partial charge >= 0.3 is 0 Å². The van der Waals surface area contributed by atoms with Gasteiger partial charge in [0.2, 0.25) is 0 Å². The summed E-state index contributed by atoms with van der Waals surface area (Å²) in [6.07, 6.45) is -0.697. The summed E-state index contributed by atoms with van der Waals surface area (Å²) in [5.41, 5.74) is 3.53. The number of aliphatic hydroxyl groups is 3. The highest BCUT2D eigenvalue weighted by molar-refractivity contribution is 7.22. The summed E-state index contributed by atoms with van der Waals surface area (Å²) in [5, 5.41) is 33.2. The van der Waals surface area contributed by atoms with Crippen LogP contribution >= 0.6 is 11.3 Å². The maximum atomic E-state index is 14.6. The van der Waals surface area contributed by atoms with E-state index in [4.69, 9.17) is 5.11 Å². The normalized spacial score (nSPS) is 19.3. The molecule has 8 nitrogen and oxygen atoms in total. The van der Waals surface area contributed by atoms with Crippen LogP contribution in [0.5, 0.6) is 0 Å². The van der Waals surface area contributed by atoms with Crippen molar-refractivity contribution < 1.29 is 19.7 Å². The minimum atomic E-state index is -1.15. The Balaban J connectivity index is 1.42. The third-order valence-corrected chi connectivity index (χ3v) is 6.90. The van der Waals surface area contributed by atoms with Gasteiger partial charge in [-0.1, -0.05) is 11.3 Å². The molecule has 3 aromatic rings. The molecule has 1 unspecified atom stereocenters. The van der Waals surface area contributed by atoms with Crippen molar-refractivity contribution in [3.8, 4) is 0 Å². The summed E-state index contributed by atoms with van der Waals surface area (Å²) in [6.45, 7) is 7.05. The van der Waals surface area contributed by atoms with Gasteiger partial charge in [-0.15, -0.1) is 0 Å². The monoisotopic (exact) mass is 461 g/mol. The van der Waals surface area contributed by atoms with Gasteiger partial charge in [-0.25, -0.2) is 14.4 Å². The second-order valence-electron chi connectivity index (χ2n) is 8.25. The van der Waals surface area contributed by atoms with Gasteiger partial charge < -0.3 is 25.5 Å². The molecule has 1 aliphatic heterocycles. The number of fused-ring (bicyclic) bond motifs is 1. The number of hydrogen-bond acceptors (Lipinski definition) is 9. The number of benzene rings is 1. The molecule has 0 bridgehead atoms. The average Bonchev–Trinajstić information content (AvgIpc) is 3.13. The number of rotatable bonds is 6. The van der Waals surface area contributed by atoms with Crippen LogP contribution in [-0.4, -0.2) is 68.8 Å². The summed E-state index contributed by atoms with van der Waals surface area (Å²) >= 11 is 1.50. The highest BCUT2D eigenvalue weighted by Crippen LogP contribution is 2.29. The van der Waals surface area contributed by atoms with Crippen molar-refractivity contribution in [3.63, 3.8) is 0 Å². The third-order valence-electron chi connectivity index (χ3n) is 5.95. The molecular weight excluding hydrogens is 433 g/mol. The van der Waals surface area contributed by atoms with E-state index in [0.29, 0.717) is 24.8 Å². The largest absolute Gasteiger partial charge is 0.393 e. The Morgan fingerprint density at radius 1 is 1.22 bits per heavy atom. The quantitative estimate of drug-likeness (QED) is 0.415. The maximum Gasteiger partial charge on any atom is 0.186 e. The van der Waals surface area contributed by atoms with Crippen LogP contribution in [0.15, 0.2) is 24.4 Å². The number of hydrogen-bond donors (Lipinski definition) is 4. The van der Waals surface area contributed by atoms with E-state index in [1.54, 1.807) is 0 Å². The van der Waals surface area contributed by atoms with Gasteiger partial charge in [-0.05, 0) is 50.1 Å². The lowest BCUT2D eigenvalue weighted by molar-refractivity contribution is -0.00547. The lowest BCUT2D eigenvalue weighted by Gasteiger charge is -2.42. The van der Waals surface area contributed by atoms with Crippen LogP contribution in [0.25, 0.3) is 10.2 Å². The van der Waals surface area contributed by atoms with E-state index < -0.39 is 24.9 Å². The van der Waals surface area contributed by atoms with Crippen molar-refractivity contribution in [3.05, 3.63) is 46.9 Å². The first-order valence-corrected chi connectivity index (χ1v) is 11.4. The predicted molar refractivity (Wildman–Crippen MR) is 123 cm³/mol. The van der Waals surface area contributed by atoms with Gasteiger partial charge in [0, 0.05) is 37.4 Å². The van der Waals surface area contributed by atoms with Gasteiger partial charge in [0.25, 0.3) is 0 Å². The van der Waals surface area contributed by atoms with Crippen molar-refractivity contribution in [2.24, 2.45) is 0 Å². The minimum absolute atomic E-state index is 0.0750. The second-order valence-corrected chi connectivity index (χ2v) is 9.28. The van der Waals surface area contributed by atoms with Crippen LogP contribution in [0, 0.1) is 19.7 Å². The van der Waals surface area contributed by atoms with Crippen molar-refractivity contribution in [2.75, 3.05) is 36.5 Å². The molecule has 3 heterocycles. The molecule has 1 aromatic carbocycles. The maximum absolute atomic E-state index is 14.6. The van der Waals surface area contributed by atoms with Crippen molar-refractivity contribution in [2.45, 2.75) is 39.3 Å². The van der Waals surface area contributed by atoms with Gasteiger partial charge in [0.1, 0.15) is 6.10 Å². The SMILES string of the molecule is Cc1cc2nc(NC(O)N3CCN(c4ncc([C@H](O)CO)cc4F)C[C@H]3C)sc2cc1C. The molecule has 0 saturated carbocycles. The van der Waals surface area contributed by atoms with Crippen molar-refractivity contribution in [1.82, 2.24) is 14.9 Å². The van der Waals surface area contributed by atoms with Crippen molar-refractivity contribution >= 4 is 32.5 Å². The fraction of sp³-hybridized carbons (Fsp3) is 0.455. The Labute approximate surface area is 190 Å². The molecule has 1 fully saturated rings. The number of aromatic nitrogens is 2. The number of aryl methyl sites for hydroxylation is 2. The summed E-state index contributed by atoms with van der Waals surface area (Å²) < 4.78 is 15.6. The van der Waals surface area contributed by atoms with E-state index in [0.717, 1.165) is 10.2 Å². The van der Waals surface area contributed by atoms with Crippen LogP contribution < -0.4 is 10.2 Å². The van der Waals surface area contributed by atoms with Gasteiger partial charge in [0.15, 0.2) is 23.1 Å². The van der Waals surface area contributed by atoms with Crippen LogP contribution in [-0.2, 0) is 0 Å². The summed E-state index contributed by atoms with van der Waals surface area (Å²) in [6, 6.07) is 5.28. The third kappa shape index (κ3) is 4.55. The number of anilines is 2. The van der Waals surface area contributed by atoms with Crippen LogP contribution in [0.3, 0.4) is 0 Å². The first-order chi connectivity index (χ1) is 15.3. The topological polar surface area (TPSA) is 105 Å². The van der Waals surface area contributed by atoms with E-state index >= 15 is 0 Å². The highest BCUT2D eigenvalue weighted by Gasteiger charge is 2.30. The first-order valence-electron chi connectivity index (χ1n) is 10.5. The zero-order valence-corrected chi connectivity index (χ0v) is 19.1. The van der Waals surface area contributed by atoms with Gasteiger partial charge in [0.05, 0.1) is 16.8 Å². The second kappa shape index (κ2) is 9.24. The molecule has 0 radical (unpaired) electrons. The number of nitrogens with one attached hydrogen (secondary N) is 1. The summed E-state index contributed by atoms with van der Waals surface area (Å²) in [7, 11) is 0. The molecule has 2 aromatic heterocycles. The zero-order valence-electron chi connectivity index (χ0n) is 18.3. The molecule has 10 heteroatoms. The minimum Gasteiger partial charge on any atom is -0.393 e. The molecule has 3 atom stereocenters. The van der Waals surface area contributed by atoms with Crippen LogP contribution in [0.1, 0.15) is 29.7 Å². The molecule has 0 amide bonds. The molecule has 4 rings (SSSR count). The van der Waals surface area contributed by atoms with E-state index in [2.05, 4.69) is 35.2 Å². The molecule has 0 spiro atoms. The number of halogens is 1. The van der Waals surface area contributed by atoms with Crippen LogP contribution in [0.2, 0.25) is 0 Å². The highest BCUT2D eigenvalue weighted by atomic mass is 32.1.